The topological polar surface area (TPSA) is 34.1 Å². The second kappa shape index (κ2) is 6.23. The zero-order valence-corrected chi connectivity index (χ0v) is 11.7. The Kier molecular flexibility index (Phi) is 4.39. The van der Waals surface area contributed by atoms with Crippen LogP contribution in [0.15, 0.2) is 42.6 Å². The van der Waals surface area contributed by atoms with Crippen molar-refractivity contribution in [3.05, 3.63) is 53.7 Å². The normalized spacial score (nSPS) is 10.5. The van der Waals surface area contributed by atoms with Crippen LogP contribution in [0.1, 0.15) is 30.9 Å². The Balaban J connectivity index is 1.94. The molecular weight excluding hydrogens is 236 g/mol. The number of aromatic nitrogens is 1. The van der Waals surface area contributed by atoms with Crippen molar-refractivity contribution < 1.29 is 4.74 Å². The van der Waals surface area contributed by atoms with Gasteiger partial charge < -0.3 is 10.1 Å². The molecule has 1 aromatic heterocycles. The number of methoxy groups -OCH3 is 1. The van der Waals surface area contributed by atoms with E-state index in [1.54, 1.807) is 13.3 Å². The van der Waals surface area contributed by atoms with Crippen LogP contribution in [0.5, 0.6) is 5.88 Å². The van der Waals surface area contributed by atoms with Gasteiger partial charge >= 0.3 is 0 Å². The first kappa shape index (κ1) is 13.4. The SMILES string of the molecule is COc1ccc(NCc2ccc(C(C)C)cc2)cn1. The molecule has 0 atom stereocenters. The van der Waals surface area contributed by atoms with Crippen molar-refractivity contribution in [2.75, 3.05) is 12.4 Å². The van der Waals surface area contributed by atoms with E-state index in [4.69, 9.17) is 4.74 Å². The van der Waals surface area contributed by atoms with E-state index in [0.29, 0.717) is 11.8 Å². The number of anilines is 1. The quantitative estimate of drug-likeness (QED) is 0.883. The van der Waals surface area contributed by atoms with Gasteiger partial charge in [-0.1, -0.05) is 38.1 Å². The lowest BCUT2D eigenvalue weighted by molar-refractivity contribution is 0.398. The maximum atomic E-state index is 5.03. The molecule has 19 heavy (non-hydrogen) atoms. The van der Waals surface area contributed by atoms with E-state index in [2.05, 4.69) is 48.4 Å². The lowest BCUT2D eigenvalue weighted by Gasteiger charge is -2.09. The first-order valence-electron chi connectivity index (χ1n) is 6.52. The minimum absolute atomic E-state index is 0.577. The third-order valence-corrected chi connectivity index (χ3v) is 3.09. The minimum atomic E-state index is 0.577. The standard InChI is InChI=1S/C16H20N2O/c1-12(2)14-6-4-13(5-7-14)10-17-15-8-9-16(19-3)18-11-15/h4-9,11-12,17H,10H2,1-3H3. The molecule has 2 aromatic rings. The maximum Gasteiger partial charge on any atom is 0.213 e. The molecule has 3 nitrogen and oxygen atoms in total. The first-order chi connectivity index (χ1) is 9.19. The van der Waals surface area contributed by atoms with Crippen LogP contribution in [0.25, 0.3) is 0 Å². The molecule has 1 N–H and O–H groups in total. The highest BCUT2D eigenvalue weighted by Crippen LogP contribution is 2.16. The fourth-order valence-electron chi connectivity index (χ4n) is 1.83. The van der Waals surface area contributed by atoms with Gasteiger partial charge in [-0.25, -0.2) is 4.98 Å². The molecule has 0 aliphatic heterocycles. The van der Waals surface area contributed by atoms with E-state index in [9.17, 15) is 0 Å². The number of pyridine rings is 1. The molecule has 1 heterocycles. The molecule has 0 saturated carbocycles. The Hall–Kier alpha value is -2.03. The van der Waals surface area contributed by atoms with E-state index in [-0.39, 0.29) is 0 Å². The molecule has 3 heteroatoms. The fourth-order valence-corrected chi connectivity index (χ4v) is 1.83. The van der Waals surface area contributed by atoms with Gasteiger partial charge in [-0.3, -0.25) is 0 Å². The predicted octanol–water partition coefficient (Wildman–Crippen LogP) is 3.83. The van der Waals surface area contributed by atoms with E-state index in [1.807, 2.05) is 12.1 Å². The number of nitrogens with zero attached hydrogens (tertiary/aromatic N) is 1. The molecule has 0 aliphatic rings. The predicted molar refractivity (Wildman–Crippen MR) is 78.6 cm³/mol. The summed E-state index contributed by atoms with van der Waals surface area (Å²) in [6.07, 6.45) is 1.78. The van der Waals surface area contributed by atoms with Crippen LogP contribution in [0.3, 0.4) is 0 Å². The summed E-state index contributed by atoms with van der Waals surface area (Å²) < 4.78 is 5.03. The molecule has 2 rings (SSSR count). The highest BCUT2D eigenvalue weighted by atomic mass is 16.5. The molecule has 0 aliphatic carbocycles. The van der Waals surface area contributed by atoms with Gasteiger partial charge in [0.1, 0.15) is 0 Å². The summed E-state index contributed by atoms with van der Waals surface area (Å²) in [7, 11) is 1.62. The van der Waals surface area contributed by atoms with Gasteiger partial charge in [-0.15, -0.1) is 0 Å². The van der Waals surface area contributed by atoms with E-state index in [1.165, 1.54) is 11.1 Å². The van der Waals surface area contributed by atoms with E-state index < -0.39 is 0 Å². The first-order valence-corrected chi connectivity index (χ1v) is 6.52. The second-order valence-electron chi connectivity index (χ2n) is 4.84. The molecule has 0 radical (unpaired) electrons. The summed E-state index contributed by atoms with van der Waals surface area (Å²) in [5, 5.41) is 3.34. The zero-order chi connectivity index (χ0) is 13.7. The molecule has 0 saturated heterocycles. The van der Waals surface area contributed by atoms with Gasteiger partial charge in [0.15, 0.2) is 0 Å². The van der Waals surface area contributed by atoms with Crippen LogP contribution < -0.4 is 10.1 Å². The molecule has 0 fully saturated rings. The minimum Gasteiger partial charge on any atom is -0.481 e. The average molecular weight is 256 g/mol. The molecule has 1 aromatic carbocycles. The smallest absolute Gasteiger partial charge is 0.213 e. The van der Waals surface area contributed by atoms with Gasteiger partial charge in [0, 0.05) is 12.6 Å². The van der Waals surface area contributed by atoms with Crippen molar-refractivity contribution in [2.24, 2.45) is 0 Å². The van der Waals surface area contributed by atoms with Crippen LogP contribution in [0.2, 0.25) is 0 Å². The summed E-state index contributed by atoms with van der Waals surface area (Å²) >= 11 is 0. The molecular formula is C16H20N2O. The molecule has 100 valence electrons. The van der Waals surface area contributed by atoms with Crippen molar-refractivity contribution in [3.8, 4) is 5.88 Å². The Bertz CT molecular complexity index is 503. The summed E-state index contributed by atoms with van der Waals surface area (Å²) in [6.45, 7) is 5.21. The summed E-state index contributed by atoms with van der Waals surface area (Å²) in [6, 6.07) is 12.5. The Morgan fingerprint density at radius 1 is 1.11 bits per heavy atom. The zero-order valence-electron chi connectivity index (χ0n) is 11.7. The third-order valence-electron chi connectivity index (χ3n) is 3.09. The number of hydrogen-bond acceptors (Lipinski definition) is 3. The number of nitrogens with one attached hydrogen (secondary N) is 1. The number of rotatable bonds is 5. The highest BCUT2D eigenvalue weighted by molar-refractivity contribution is 5.42. The molecule has 0 unspecified atom stereocenters. The highest BCUT2D eigenvalue weighted by Gasteiger charge is 1.99. The Morgan fingerprint density at radius 3 is 2.37 bits per heavy atom. The Morgan fingerprint density at radius 2 is 1.84 bits per heavy atom. The molecule has 0 amide bonds. The Labute approximate surface area is 114 Å². The van der Waals surface area contributed by atoms with Crippen LogP contribution in [0.4, 0.5) is 5.69 Å². The summed E-state index contributed by atoms with van der Waals surface area (Å²) in [4.78, 5) is 4.16. The van der Waals surface area contributed by atoms with Crippen molar-refractivity contribution in [1.29, 1.82) is 0 Å². The van der Waals surface area contributed by atoms with Gasteiger partial charge in [-0.05, 0) is 23.1 Å². The molecule has 0 spiro atoms. The number of benzene rings is 1. The van der Waals surface area contributed by atoms with E-state index in [0.717, 1.165) is 12.2 Å². The summed E-state index contributed by atoms with van der Waals surface area (Å²) in [5.74, 6) is 1.21. The monoisotopic (exact) mass is 256 g/mol. The van der Waals surface area contributed by atoms with Crippen LogP contribution in [-0.2, 0) is 6.54 Å². The van der Waals surface area contributed by atoms with Gasteiger partial charge in [0.2, 0.25) is 5.88 Å². The summed E-state index contributed by atoms with van der Waals surface area (Å²) in [5.41, 5.74) is 3.63. The lowest BCUT2D eigenvalue weighted by Crippen LogP contribution is -2.00. The van der Waals surface area contributed by atoms with Crippen LogP contribution in [0, 0.1) is 0 Å². The second-order valence-corrected chi connectivity index (χ2v) is 4.84. The van der Waals surface area contributed by atoms with Crippen molar-refractivity contribution in [1.82, 2.24) is 4.98 Å². The number of ether oxygens (including phenoxy) is 1. The molecule has 0 bridgehead atoms. The van der Waals surface area contributed by atoms with Crippen LogP contribution in [-0.4, -0.2) is 12.1 Å². The van der Waals surface area contributed by atoms with Crippen LogP contribution >= 0.6 is 0 Å². The van der Waals surface area contributed by atoms with Gasteiger partial charge in [0.25, 0.3) is 0 Å². The van der Waals surface area contributed by atoms with Gasteiger partial charge in [0.05, 0.1) is 19.0 Å². The third kappa shape index (κ3) is 3.71. The number of hydrogen-bond donors (Lipinski definition) is 1. The van der Waals surface area contributed by atoms with Gasteiger partial charge in [-0.2, -0.15) is 0 Å². The largest absolute Gasteiger partial charge is 0.481 e. The van der Waals surface area contributed by atoms with Crippen molar-refractivity contribution >= 4 is 5.69 Å². The lowest BCUT2D eigenvalue weighted by atomic mass is 10.0. The van der Waals surface area contributed by atoms with Crippen molar-refractivity contribution in [3.63, 3.8) is 0 Å². The maximum absolute atomic E-state index is 5.03. The average Bonchev–Trinajstić information content (AvgIpc) is 2.46. The fraction of sp³-hybridized carbons (Fsp3) is 0.312. The van der Waals surface area contributed by atoms with Crippen molar-refractivity contribution in [2.45, 2.75) is 26.3 Å². The van der Waals surface area contributed by atoms with E-state index >= 15 is 0 Å².